The predicted octanol–water partition coefficient (Wildman–Crippen LogP) is 3.27. The summed E-state index contributed by atoms with van der Waals surface area (Å²) in [7, 11) is 1.75. The minimum atomic E-state index is 0.273. The summed E-state index contributed by atoms with van der Waals surface area (Å²) >= 11 is 1.75. The predicted molar refractivity (Wildman–Crippen MR) is 77.1 cm³/mol. The van der Waals surface area contributed by atoms with Crippen molar-refractivity contribution in [2.45, 2.75) is 12.5 Å². The van der Waals surface area contributed by atoms with Crippen LogP contribution in [0.15, 0.2) is 47.2 Å². The Morgan fingerprint density at radius 1 is 1.22 bits per heavy atom. The molecule has 0 aliphatic carbocycles. The van der Waals surface area contributed by atoms with Crippen LogP contribution in [0.3, 0.4) is 0 Å². The van der Waals surface area contributed by atoms with Gasteiger partial charge in [-0.25, -0.2) is 0 Å². The fraction of sp³-hybridized carbons (Fsp3) is 0.333. The van der Waals surface area contributed by atoms with E-state index in [9.17, 15) is 0 Å². The molecule has 0 aliphatic rings. The zero-order chi connectivity index (χ0) is 12.6. The minimum absolute atomic E-state index is 0.273. The molecular formula is C15H19NOS. The van der Waals surface area contributed by atoms with Crippen molar-refractivity contribution in [3.05, 3.63) is 58.3 Å². The van der Waals surface area contributed by atoms with Gasteiger partial charge in [0.05, 0.1) is 12.6 Å². The molecule has 0 radical (unpaired) electrons. The largest absolute Gasteiger partial charge is 0.383 e. The number of ether oxygens (including phenoxy) is 1. The van der Waals surface area contributed by atoms with Crippen molar-refractivity contribution in [2.75, 3.05) is 20.3 Å². The fourth-order valence-corrected chi connectivity index (χ4v) is 2.65. The SMILES string of the molecule is COCC(NCCc1ccsc1)c1ccccc1. The van der Waals surface area contributed by atoms with Crippen LogP contribution in [0.4, 0.5) is 0 Å². The smallest absolute Gasteiger partial charge is 0.0657 e. The van der Waals surface area contributed by atoms with Gasteiger partial charge in [-0.2, -0.15) is 11.3 Å². The lowest BCUT2D eigenvalue weighted by atomic mass is 10.1. The van der Waals surface area contributed by atoms with Crippen molar-refractivity contribution in [1.82, 2.24) is 5.32 Å². The molecule has 0 aliphatic heterocycles. The van der Waals surface area contributed by atoms with E-state index >= 15 is 0 Å². The highest BCUT2D eigenvalue weighted by atomic mass is 32.1. The Labute approximate surface area is 113 Å². The summed E-state index contributed by atoms with van der Waals surface area (Å²) in [5.74, 6) is 0. The summed E-state index contributed by atoms with van der Waals surface area (Å²) in [6.07, 6.45) is 1.07. The first-order valence-corrected chi connectivity index (χ1v) is 7.13. The summed E-state index contributed by atoms with van der Waals surface area (Å²) in [5.41, 5.74) is 2.68. The second-order valence-electron chi connectivity index (χ2n) is 4.25. The molecule has 1 unspecified atom stereocenters. The monoisotopic (exact) mass is 261 g/mol. The Kier molecular flexibility index (Phi) is 5.39. The first-order chi connectivity index (χ1) is 8.90. The third-order valence-electron chi connectivity index (χ3n) is 2.92. The van der Waals surface area contributed by atoms with Crippen LogP contribution < -0.4 is 5.32 Å². The summed E-state index contributed by atoms with van der Waals surface area (Å²) in [6, 6.07) is 12.9. The van der Waals surface area contributed by atoms with Gasteiger partial charge in [0.1, 0.15) is 0 Å². The molecule has 18 heavy (non-hydrogen) atoms. The molecule has 0 fully saturated rings. The van der Waals surface area contributed by atoms with Gasteiger partial charge in [-0.05, 0) is 40.9 Å². The highest BCUT2D eigenvalue weighted by Crippen LogP contribution is 2.13. The normalized spacial score (nSPS) is 12.5. The maximum Gasteiger partial charge on any atom is 0.0657 e. The number of benzene rings is 1. The van der Waals surface area contributed by atoms with E-state index < -0.39 is 0 Å². The van der Waals surface area contributed by atoms with E-state index in [0.29, 0.717) is 6.61 Å². The average molecular weight is 261 g/mol. The number of nitrogens with one attached hydrogen (secondary N) is 1. The van der Waals surface area contributed by atoms with Gasteiger partial charge in [0.25, 0.3) is 0 Å². The van der Waals surface area contributed by atoms with Crippen LogP contribution in [0.1, 0.15) is 17.2 Å². The van der Waals surface area contributed by atoms with Crippen LogP contribution in [0, 0.1) is 0 Å². The van der Waals surface area contributed by atoms with Crippen LogP contribution in [0.25, 0.3) is 0 Å². The van der Waals surface area contributed by atoms with Gasteiger partial charge in [-0.1, -0.05) is 30.3 Å². The third kappa shape index (κ3) is 3.95. The number of hydrogen-bond donors (Lipinski definition) is 1. The van der Waals surface area contributed by atoms with E-state index in [1.807, 2.05) is 6.07 Å². The Morgan fingerprint density at radius 2 is 2.06 bits per heavy atom. The second-order valence-corrected chi connectivity index (χ2v) is 5.03. The van der Waals surface area contributed by atoms with E-state index in [2.05, 4.69) is 46.4 Å². The minimum Gasteiger partial charge on any atom is -0.383 e. The molecule has 1 N–H and O–H groups in total. The van der Waals surface area contributed by atoms with Gasteiger partial charge in [-0.15, -0.1) is 0 Å². The summed E-state index contributed by atoms with van der Waals surface area (Å²) in [6.45, 7) is 1.67. The molecule has 1 aromatic carbocycles. The molecular weight excluding hydrogens is 242 g/mol. The molecule has 0 bridgehead atoms. The quantitative estimate of drug-likeness (QED) is 0.826. The molecule has 96 valence electrons. The summed E-state index contributed by atoms with van der Waals surface area (Å²) in [5, 5.41) is 7.88. The van der Waals surface area contributed by atoms with Crippen molar-refractivity contribution in [3.63, 3.8) is 0 Å². The standard InChI is InChI=1S/C15H19NOS/c1-17-11-15(14-5-3-2-4-6-14)16-9-7-13-8-10-18-12-13/h2-6,8,10,12,15-16H,7,9,11H2,1H3. The van der Waals surface area contributed by atoms with Gasteiger partial charge in [0.15, 0.2) is 0 Å². The Balaban J connectivity index is 1.87. The summed E-state index contributed by atoms with van der Waals surface area (Å²) < 4.78 is 5.29. The Bertz CT molecular complexity index is 427. The highest BCUT2D eigenvalue weighted by Gasteiger charge is 2.09. The van der Waals surface area contributed by atoms with Gasteiger partial charge >= 0.3 is 0 Å². The van der Waals surface area contributed by atoms with E-state index in [1.165, 1.54) is 11.1 Å². The lowest BCUT2D eigenvalue weighted by molar-refractivity contribution is 0.167. The fourth-order valence-electron chi connectivity index (χ4n) is 1.95. The average Bonchev–Trinajstić information content (AvgIpc) is 2.92. The number of methoxy groups -OCH3 is 1. The van der Waals surface area contributed by atoms with Crippen molar-refractivity contribution < 1.29 is 4.74 Å². The highest BCUT2D eigenvalue weighted by molar-refractivity contribution is 7.07. The van der Waals surface area contributed by atoms with Crippen molar-refractivity contribution in [3.8, 4) is 0 Å². The second kappa shape index (κ2) is 7.31. The van der Waals surface area contributed by atoms with Gasteiger partial charge in [0, 0.05) is 7.11 Å². The van der Waals surface area contributed by atoms with E-state index in [0.717, 1.165) is 13.0 Å². The first kappa shape index (κ1) is 13.3. The molecule has 2 aromatic rings. The van der Waals surface area contributed by atoms with Crippen LogP contribution >= 0.6 is 11.3 Å². The van der Waals surface area contributed by atoms with Crippen LogP contribution in [-0.4, -0.2) is 20.3 Å². The lowest BCUT2D eigenvalue weighted by Crippen LogP contribution is -2.27. The van der Waals surface area contributed by atoms with Crippen molar-refractivity contribution in [1.29, 1.82) is 0 Å². The van der Waals surface area contributed by atoms with Crippen LogP contribution in [-0.2, 0) is 11.2 Å². The van der Waals surface area contributed by atoms with Gasteiger partial charge < -0.3 is 10.1 Å². The molecule has 1 atom stereocenters. The maximum absolute atomic E-state index is 5.29. The summed E-state index contributed by atoms with van der Waals surface area (Å²) in [4.78, 5) is 0. The van der Waals surface area contributed by atoms with Crippen LogP contribution in [0.5, 0.6) is 0 Å². The lowest BCUT2D eigenvalue weighted by Gasteiger charge is -2.18. The zero-order valence-electron chi connectivity index (χ0n) is 10.6. The van der Waals surface area contributed by atoms with E-state index in [1.54, 1.807) is 18.4 Å². The third-order valence-corrected chi connectivity index (χ3v) is 3.65. The molecule has 2 nitrogen and oxygen atoms in total. The number of rotatable bonds is 7. The Hall–Kier alpha value is -1.16. The maximum atomic E-state index is 5.29. The molecule has 2 rings (SSSR count). The zero-order valence-corrected chi connectivity index (χ0v) is 11.5. The molecule has 1 aromatic heterocycles. The number of thiophene rings is 1. The van der Waals surface area contributed by atoms with Crippen molar-refractivity contribution >= 4 is 11.3 Å². The van der Waals surface area contributed by atoms with E-state index in [4.69, 9.17) is 4.74 Å². The molecule has 3 heteroatoms. The molecule has 1 heterocycles. The first-order valence-electron chi connectivity index (χ1n) is 6.18. The molecule has 0 saturated heterocycles. The topological polar surface area (TPSA) is 21.3 Å². The van der Waals surface area contributed by atoms with Gasteiger partial charge in [-0.3, -0.25) is 0 Å². The Morgan fingerprint density at radius 3 is 2.72 bits per heavy atom. The van der Waals surface area contributed by atoms with E-state index in [-0.39, 0.29) is 6.04 Å². The van der Waals surface area contributed by atoms with Crippen molar-refractivity contribution in [2.24, 2.45) is 0 Å². The molecule has 0 amide bonds. The molecule has 0 spiro atoms. The number of hydrogen-bond acceptors (Lipinski definition) is 3. The van der Waals surface area contributed by atoms with Crippen LogP contribution in [0.2, 0.25) is 0 Å². The van der Waals surface area contributed by atoms with Gasteiger partial charge in [0.2, 0.25) is 0 Å². The molecule has 0 saturated carbocycles.